The fourth-order valence-corrected chi connectivity index (χ4v) is 5.08. The number of carbonyl (C=O) groups excluding carboxylic acids is 2. The fraction of sp³-hybridized carbons (Fsp3) is 0.667. The van der Waals surface area contributed by atoms with Crippen LogP contribution in [0, 0.1) is 5.92 Å². The Kier molecular flexibility index (Phi) is 7.26. The van der Waals surface area contributed by atoms with E-state index in [-0.39, 0.29) is 23.8 Å². The lowest BCUT2D eigenvalue weighted by Gasteiger charge is -2.38. The molecule has 1 aliphatic carbocycles. The van der Waals surface area contributed by atoms with Crippen LogP contribution in [-0.2, 0) is 9.59 Å². The van der Waals surface area contributed by atoms with E-state index in [1.165, 1.54) is 6.42 Å². The number of rotatable bonds is 6. The molecule has 1 atom stereocenters. The number of hydrogen-bond acceptors (Lipinski definition) is 4. The molecule has 3 aliphatic rings. The van der Waals surface area contributed by atoms with Crippen molar-refractivity contribution in [3.8, 4) is 5.75 Å². The Bertz CT molecular complexity index is 697. The molecule has 1 aromatic rings. The van der Waals surface area contributed by atoms with Crippen LogP contribution in [0.3, 0.4) is 0 Å². The minimum absolute atomic E-state index is 0.147. The van der Waals surface area contributed by atoms with Crippen molar-refractivity contribution in [2.45, 2.75) is 51.0 Å². The number of ether oxygens (including phenoxy) is 1. The second kappa shape index (κ2) is 10.3. The molecule has 6 heteroatoms. The van der Waals surface area contributed by atoms with Gasteiger partial charge in [0.2, 0.25) is 11.8 Å². The van der Waals surface area contributed by atoms with Gasteiger partial charge >= 0.3 is 0 Å². The van der Waals surface area contributed by atoms with Crippen molar-refractivity contribution in [3.63, 3.8) is 0 Å². The summed E-state index contributed by atoms with van der Waals surface area (Å²) in [6.45, 7) is 5.50. The van der Waals surface area contributed by atoms with Crippen molar-refractivity contribution in [1.29, 1.82) is 0 Å². The lowest BCUT2D eigenvalue weighted by molar-refractivity contribution is -0.147. The van der Waals surface area contributed by atoms with Gasteiger partial charge in [0.1, 0.15) is 18.4 Å². The van der Waals surface area contributed by atoms with Gasteiger partial charge in [-0.15, -0.1) is 0 Å². The quantitative estimate of drug-likeness (QED) is 0.720. The third-order valence-electron chi connectivity index (χ3n) is 6.88. The zero-order valence-electron chi connectivity index (χ0n) is 18.0. The average Bonchev–Trinajstić information content (AvgIpc) is 3.30. The van der Waals surface area contributed by atoms with Crippen molar-refractivity contribution >= 4 is 11.8 Å². The Morgan fingerprint density at radius 1 is 0.833 bits per heavy atom. The third kappa shape index (κ3) is 5.15. The normalized spacial score (nSPS) is 23.5. The maximum absolute atomic E-state index is 13.2. The van der Waals surface area contributed by atoms with E-state index >= 15 is 0 Å². The van der Waals surface area contributed by atoms with Crippen LogP contribution in [0.2, 0.25) is 0 Å². The maximum atomic E-state index is 13.2. The van der Waals surface area contributed by atoms with Crippen LogP contribution in [-0.4, -0.2) is 78.4 Å². The number of para-hydroxylation sites is 1. The zero-order valence-corrected chi connectivity index (χ0v) is 18.0. The fourth-order valence-electron chi connectivity index (χ4n) is 5.08. The van der Waals surface area contributed by atoms with E-state index in [0.29, 0.717) is 6.61 Å². The van der Waals surface area contributed by atoms with E-state index < -0.39 is 0 Å². The van der Waals surface area contributed by atoms with Gasteiger partial charge in [-0.3, -0.25) is 14.5 Å². The summed E-state index contributed by atoms with van der Waals surface area (Å²) >= 11 is 0. The Hall–Kier alpha value is -2.08. The summed E-state index contributed by atoms with van der Waals surface area (Å²) in [6.07, 6.45) is 7.32. The second-order valence-corrected chi connectivity index (χ2v) is 8.85. The number of piperazine rings is 1. The van der Waals surface area contributed by atoms with E-state index in [0.717, 1.165) is 83.5 Å². The largest absolute Gasteiger partial charge is 0.492 e. The van der Waals surface area contributed by atoms with Crippen molar-refractivity contribution < 1.29 is 14.3 Å². The van der Waals surface area contributed by atoms with Gasteiger partial charge in [0.25, 0.3) is 0 Å². The molecule has 1 aromatic carbocycles. The molecular formula is C24H35N3O3. The number of carbonyl (C=O) groups is 2. The summed E-state index contributed by atoms with van der Waals surface area (Å²) in [7, 11) is 0. The minimum Gasteiger partial charge on any atom is -0.492 e. The van der Waals surface area contributed by atoms with Crippen molar-refractivity contribution in [3.05, 3.63) is 30.3 Å². The van der Waals surface area contributed by atoms with Crippen molar-refractivity contribution in [2.75, 3.05) is 45.9 Å². The standard InChI is InChI=1S/C24H35N3O3/c28-23(20-8-3-1-4-9-20)27-13-7-12-22(27)24(29)26-16-14-25(15-17-26)18-19-30-21-10-5-2-6-11-21/h2,5-6,10-11,20,22H,1,3-4,7-9,12-19H2. The zero-order chi connectivity index (χ0) is 20.8. The molecule has 2 aliphatic heterocycles. The van der Waals surface area contributed by atoms with Crippen LogP contribution in [0.5, 0.6) is 5.75 Å². The van der Waals surface area contributed by atoms with Crippen molar-refractivity contribution in [2.24, 2.45) is 5.92 Å². The minimum atomic E-state index is -0.229. The first-order chi connectivity index (χ1) is 14.7. The Balaban J connectivity index is 1.22. The molecular weight excluding hydrogens is 378 g/mol. The van der Waals surface area contributed by atoms with Gasteiger partial charge in [-0.05, 0) is 37.8 Å². The van der Waals surface area contributed by atoms with E-state index in [2.05, 4.69) is 4.90 Å². The number of nitrogens with zero attached hydrogens (tertiary/aromatic N) is 3. The highest BCUT2D eigenvalue weighted by molar-refractivity contribution is 5.89. The van der Waals surface area contributed by atoms with E-state index in [1.807, 2.05) is 40.1 Å². The Morgan fingerprint density at radius 2 is 1.57 bits per heavy atom. The molecule has 1 unspecified atom stereocenters. The van der Waals surface area contributed by atoms with Gasteiger partial charge in [0.15, 0.2) is 0 Å². The molecule has 3 fully saturated rings. The van der Waals surface area contributed by atoms with Crippen LogP contribution in [0.15, 0.2) is 30.3 Å². The molecule has 0 aromatic heterocycles. The first kappa shape index (κ1) is 21.2. The first-order valence-electron chi connectivity index (χ1n) is 11.7. The van der Waals surface area contributed by atoms with Gasteiger partial charge < -0.3 is 14.5 Å². The monoisotopic (exact) mass is 413 g/mol. The predicted octanol–water partition coefficient (Wildman–Crippen LogP) is 2.78. The highest BCUT2D eigenvalue weighted by atomic mass is 16.5. The average molecular weight is 414 g/mol. The van der Waals surface area contributed by atoms with Gasteiger partial charge in [-0.1, -0.05) is 37.5 Å². The summed E-state index contributed by atoms with van der Waals surface area (Å²) in [4.78, 5) is 32.5. The van der Waals surface area contributed by atoms with Gasteiger partial charge in [0.05, 0.1) is 0 Å². The smallest absolute Gasteiger partial charge is 0.245 e. The molecule has 1 saturated carbocycles. The molecule has 2 amide bonds. The van der Waals surface area contributed by atoms with Gasteiger partial charge in [-0.2, -0.15) is 0 Å². The van der Waals surface area contributed by atoms with Crippen molar-refractivity contribution in [1.82, 2.24) is 14.7 Å². The molecule has 2 saturated heterocycles. The van der Waals surface area contributed by atoms with Crippen LogP contribution in [0.1, 0.15) is 44.9 Å². The second-order valence-electron chi connectivity index (χ2n) is 8.85. The molecule has 0 spiro atoms. The van der Waals surface area contributed by atoms with Crippen LogP contribution < -0.4 is 4.74 Å². The molecule has 4 rings (SSSR count). The topological polar surface area (TPSA) is 53.1 Å². The SMILES string of the molecule is O=C(C1CCCN1C(=O)C1CCCCC1)N1CCN(CCOc2ccccc2)CC1. The molecule has 0 N–H and O–H groups in total. The predicted molar refractivity (Wildman–Crippen MR) is 116 cm³/mol. The van der Waals surface area contributed by atoms with E-state index in [1.54, 1.807) is 0 Å². The number of benzene rings is 1. The number of likely N-dealkylation sites (tertiary alicyclic amines) is 1. The summed E-state index contributed by atoms with van der Waals surface area (Å²) in [6, 6.07) is 9.65. The lowest BCUT2D eigenvalue weighted by atomic mass is 9.88. The molecule has 164 valence electrons. The summed E-state index contributed by atoms with van der Waals surface area (Å²) in [5.41, 5.74) is 0. The number of hydrogen-bond donors (Lipinski definition) is 0. The first-order valence-corrected chi connectivity index (χ1v) is 11.7. The lowest BCUT2D eigenvalue weighted by Crippen LogP contribution is -2.55. The summed E-state index contributed by atoms with van der Waals surface area (Å²) in [5.74, 6) is 1.45. The van der Waals surface area contributed by atoms with Gasteiger partial charge in [-0.25, -0.2) is 0 Å². The van der Waals surface area contributed by atoms with Gasteiger partial charge in [0, 0.05) is 45.2 Å². The molecule has 2 heterocycles. The Morgan fingerprint density at radius 3 is 2.30 bits per heavy atom. The van der Waals surface area contributed by atoms with Crippen LogP contribution in [0.4, 0.5) is 0 Å². The molecule has 0 bridgehead atoms. The maximum Gasteiger partial charge on any atom is 0.245 e. The third-order valence-corrected chi connectivity index (χ3v) is 6.88. The Labute approximate surface area is 180 Å². The number of amides is 2. The molecule has 30 heavy (non-hydrogen) atoms. The van der Waals surface area contributed by atoms with Crippen LogP contribution in [0.25, 0.3) is 0 Å². The highest BCUT2D eigenvalue weighted by Crippen LogP contribution is 2.29. The molecule has 6 nitrogen and oxygen atoms in total. The summed E-state index contributed by atoms with van der Waals surface area (Å²) in [5, 5.41) is 0. The van der Waals surface area contributed by atoms with E-state index in [4.69, 9.17) is 4.74 Å². The summed E-state index contributed by atoms with van der Waals surface area (Å²) < 4.78 is 5.80. The highest BCUT2D eigenvalue weighted by Gasteiger charge is 2.39. The molecule has 0 radical (unpaired) electrons. The van der Waals surface area contributed by atoms with E-state index in [9.17, 15) is 9.59 Å². The van der Waals surface area contributed by atoms with Crippen LogP contribution >= 0.6 is 0 Å².